The topological polar surface area (TPSA) is 49.4 Å². The van der Waals surface area contributed by atoms with E-state index in [1.165, 1.54) is 24.3 Å². The molecule has 0 bridgehead atoms. The van der Waals surface area contributed by atoms with Gasteiger partial charge >= 0.3 is 0 Å². The summed E-state index contributed by atoms with van der Waals surface area (Å²) in [6, 6.07) is 12.8. The number of carbonyl (C=O) groups excluding carboxylic acids is 2. The summed E-state index contributed by atoms with van der Waals surface area (Å²) >= 11 is 6.04. The zero-order valence-electron chi connectivity index (χ0n) is 14.8. The van der Waals surface area contributed by atoms with Gasteiger partial charge in [-0.3, -0.25) is 9.59 Å². The molecule has 4 nitrogen and oxygen atoms in total. The molecule has 0 aliphatic carbocycles. The number of nitrogens with one attached hydrogen (secondary N) is 1. The van der Waals surface area contributed by atoms with Crippen molar-refractivity contribution in [2.24, 2.45) is 0 Å². The maximum Gasteiger partial charge on any atom is 0.220 e. The summed E-state index contributed by atoms with van der Waals surface area (Å²) in [5, 5.41) is 3.51. The Morgan fingerprint density at radius 2 is 1.81 bits per heavy atom. The molecule has 1 unspecified atom stereocenters. The van der Waals surface area contributed by atoms with Gasteiger partial charge in [-0.1, -0.05) is 23.7 Å². The van der Waals surface area contributed by atoms with E-state index in [2.05, 4.69) is 5.32 Å². The third-order valence-corrected chi connectivity index (χ3v) is 4.33. The van der Waals surface area contributed by atoms with E-state index in [4.69, 9.17) is 11.6 Å². The highest BCUT2D eigenvalue weighted by Gasteiger charge is 2.16. The highest BCUT2D eigenvalue weighted by Crippen LogP contribution is 2.21. The molecule has 2 rings (SSSR count). The lowest BCUT2D eigenvalue weighted by atomic mass is 10.1. The van der Waals surface area contributed by atoms with Crippen molar-refractivity contribution in [3.8, 4) is 0 Å². The van der Waals surface area contributed by atoms with Crippen molar-refractivity contribution < 1.29 is 14.0 Å². The fourth-order valence-electron chi connectivity index (χ4n) is 2.62. The maximum atomic E-state index is 12.9. The Balaban J connectivity index is 1.86. The molecule has 0 fully saturated rings. The van der Waals surface area contributed by atoms with E-state index in [-0.39, 0.29) is 30.6 Å². The molecule has 1 amide bonds. The van der Waals surface area contributed by atoms with Crippen LogP contribution in [-0.2, 0) is 4.79 Å². The lowest BCUT2D eigenvalue weighted by Gasteiger charge is -2.25. The van der Waals surface area contributed by atoms with E-state index in [1.54, 1.807) is 6.07 Å². The number of halogens is 2. The number of benzene rings is 2. The first-order valence-corrected chi connectivity index (χ1v) is 8.72. The lowest BCUT2D eigenvalue weighted by molar-refractivity contribution is -0.121. The van der Waals surface area contributed by atoms with Gasteiger partial charge in [0.1, 0.15) is 5.82 Å². The van der Waals surface area contributed by atoms with E-state index in [0.29, 0.717) is 17.1 Å². The predicted octanol–water partition coefficient (Wildman–Crippen LogP) is 3.86. The molecule has 0 saturated heterocycles. The number of hydrogen-bond acceptors (Lipinski definition) is 3. The maximum absolute atomic E-state index is 12.9. The second-order valence-corrected chi connectivity index (χ2v) is 6.70. The first-order valence-electron chi connectivity index (χ1n) is 8.34. The van der Waals surface area contributed by atoms with Gasteiger partial charge in [0.2, 0.25) is 5.91 Å². The molecule has 1 N–H and O–H groups in total. The first-order chi connectivity index (χ1) is 12.4. The molecule has 0 spiro atoms. The Bertz CT molecular complexity index is 763. The zero-order valence-corrected chi connectivity index (χ0v) is 15.6. The van der Waals surface area contributed by atoms with E-state index in [9.17, 15) is 14.0 Å². The largest absolute Gasteiger partial charge is 0.354 e. The molecule has 2 aromatic rings. The van der Waals surface area contributed by atoms with Crippen LogP contribution in [0.2, 0.25) is 5.02 Å². The molecule has 2 aromatic carbocycles. The Kier molecular flexibility index (Phi) is 7.30. The summed E-state index contributed by atoms with van der Waals surface area (Å²) in [7, 11) is 3.85. The van der Waals surface area contributed by atoms with Crippen molar-refractivity contribution in [1.82, 2.24) is 10.2 Å². The Morgan fingerprint density at radius 1 is 1.12 bits per heavy atom. The number of likely N-dealkylation sites (N-methyl/N-ethyl adjacent to an activating group) is 1. The second kappa shape index (κ2) is 9.46. The van der Waals surface area contributed by atoms with Gasteiger partial charge < -0.3 is 10.2 Å². The van der Waals surface area contributed by atoms with Gasteiger partial charge in [-0.05, 0) is 56.1 Å². The molecule has 6 heteroatoms. The van der Waals surface area contributed by atoms with Crippen LogP contribution in [0.5, 0.6) is 0 Å². The van der Waals surface area contributed by atoms with E-state index in [1.807, 2.05) is 37.2 Å². The molecule has 0 aliphatic rings. The molecule has 0 saturated carbocycles. The average molecular weight is 377 g/mol. The van der Waals surface area contributed by atoms with Crippen molar-refractivity contribution in [3.63, 3.8) is 0 Å². The number of amides is 1. The third-order valence-electron chi connectivity index (χ3n) is 4.09. The first kappa shape index (κ1) is 20.1. The highest BCUT2D eigenvalue weighted by molar-refractivity contribution is 6.30. The lowest BCUT2D eigenvalue weighted by Crippen LogP contribution is -2.34. The smallest absolute Gasteiger partial charge is 0.220 e. The highest BCUT2D eigenvalue weighted by atomic mass is 35.5. The van der Waals surface area contributed by atoms with Crippen LogP contribution < -0.4 is 5.32 Å². The van der Waals surface area contributed by atoms with Crippen LogP contribution in [-0.4, -0.2) is 37.2 Å². The van der Waals surface area contributed by atoms with Crippen molar-refractivity contribution in [1.29, 1.82) is 0 Å². The molecule has 138 valence electrons. The molecule has 0 aliphatic heterocycles. The van der Waals surface area contributed by atoms with Crippen LogP contribution in [0.3, 0.4) is 0 Å². The molecule has 0 radical (unpaired) electrons. The van der Waals surface area contributed by atoms with Gasteiger partial charge in [0.05, 0.1) is 6.04 Å². The van der Waals surface area contributed by atoms with E-state index < -0.39 is 5.82 Å². The van der Waals surface area contributed by atoms with Gasteiger partial charge in [-0.2, -0.15) is 0 Å². The van der Waals surface area contributed by atoms with E-state index >= 15 is 0 Å². The minimum atomic E-state index is -0.393. The molecule has 1 atom stereocenters. The van der Waals surface area contributed by atoms with Crippen LogP contribution in [0.15, 0.2) is 48.5 Å². The Hall–Kier alpha value is -2.24. The van der Waals surface area contributed by atoms with Gasteiger partial charge in [-0.15, -0.1) is 0 Å². The Morgan fingerprint density at radius 3 is 2.42 bits per heavy atom. The number of nitrogens with zero attached hydrogens (tertiary/aromatic N) is 1. The van der Waals surface area contributed by atoms with Gasteiger partial charge in [-0.25, -0.2) is 4.39 Å². The Labute approximate surface area is 158 Å². The number of ketones is 1. The summed E-state index contributed by atoms with van der Waals surface area (Å²) in [5.41, 5.74) is 1.41. The average Bonchev–Trinajstić information content (AvgIpc) is 2.60. The third kappa shape index (κ3) is 5.93. The second-order valence-electron chi connectivity index (χ2n) is 6.27. The van der Waals surface area contributed by atoms with Crippen LogP contribution in [0.25, 0.3) is 0 Å². The minimum absolute atomic E-state index is 0.0227. The zero-order chi connectivity index (χ0) is 19.1. The number of carbonyl (C=O) groups is 2. The van der Waals surface area contributed by atoms with Gasteiger partial charge in [0.25, 0.3) is 0 Å². The molecule has 0 aromatic heterocycles. The van der Waals surface area contributed by atoms with Crippen molar-refractivity contribution in [2.75, 3.05) is 20.6 Å². The standard InChI is InChI=1S/C20H22ClFN2O2/c1-24(2)18(15-4-3-5-16(21)12-15)13-23-20(26)11-10-19(25)14-6-8-17(22)9-7-14/h3-9,12,18H,10-11,13H2,1-2H3,(H,23,26). The van der Waals surface area contributed by atoms with Crippen molar-refractivity contribution in [3.05, 3.63) is 70.5 Å². The van der Waals surface area contributed by atoms with Crippen LogP contribution in [0, 0.1) is 5.82 Å². The fraction of sp³-hybridized carbons (Fsp3) is 0.300. The summed E-state index contributed by atoms with van der Waals surface area (Å²) in [4.78, 5) is 26.1. The van der Waals surface area contributed by atoms with Gasteiger partial charge in [0.15, 0.2) is 5.78 Å². The molecular weight excluding hydrogens is 355 g/mol. The van der Waals surface area contributed by atoms with E-state index in [0.717, 1.165) is 5.56 Å². The van der Waals surface area contributed by atoms with Crippen LogP contribution in [0.4, 0.5) is 4.39 Å². The number of hydrogen-bond donors (Lipinski definition) is 1. The number of Topliss-reactive ketones (excluding diaryl/α,β-unsaturated/α-hetero) is 1. The van der Waals surface area contributed by atoms with Crippen LogP contribution >= 0.6 is 11.6 Å². The predicted molar refractivity (Wildman–Crippen MR) is 101 cm³/mol. The monoisotopic (exact) mass is 376 g/mol. The van der Waals surface area contributed by atoms with Crippen LogP contribution in [0.1, 0.15) is 34.8 Å². The van der Waals surface area contributed by atoms with Crippen molar-refractivity contribution >= 4 is 23.3 Å². The van der Waals surface area contributed by atoms with Gasteiger partial charge in [0, 0.05) is 30.0 Å². The van der Waals surface area contributed by atoms with Crippen molar-refractivity contribution in [2.45, 2.75) is 18.9 Å². The number of rotatable bonds is 8. The quantitative estimate of drug-likeness (QED) is 0.712. The summed E-state index contributed by atoms with van der Waals surface area (Å²) in [6.07, 6.45) is 0.174. The fourth-order valence-corrected chi connectivity index (χ4v) is 2.82. The normalized spacial score (nSPS) is 12.0. The summed E-state index contributed by atoms with van der Waals surface area (Å²) in [6.45, 7) is 0.414. The molecular formula is C20H22ClFN2O2. The molecule has 0 heterocycles. The molecule has 26 heavy (non-hydrogen) atoms. The minimum Gasteiger partial charge on any atom is -0.354 e. The summed E-state index contributed by atoms with van der Waals surface area (Å²) < 4.78 is 12.9. The SMILES string of the molecule is CN(C)C(CNC(=O)CCC(=O)c1ccc(F)cc1)c1cccc(Cl)c1. The summed E-state index contributed by atoms with van der Waals surface area (Å²) in [5.74, 6) is -0.775.